The van der Waals surface area contributed by atoms with Crippen LogP contribution >= 0.6 is 0 Å². The molecule has 1 aromatic carbocycles. The predicted octanol–water partition coefficient (Wildman–Crippen LogP) is 1.78. The molecule has 0 atom stereocenters. The third-order valence-corrected chi connectivity index (χ3v) is 2.75. The van der Waals surface area contributed by atoms with Crippen LogP contribution in [0.5, 0.6) is 0 Å². The molecular weight excluding hydrogens is 230 g/mol. The molecule has 0 aliphatic heterocycles. The molecule has 18 heavy (non-hydrogen) atoms. The molecule has 0 saturated carbocycles. The minimum atomic E-state index is -0.390. The van der Waals surface area contributed by atoms with Crippen LogP contribution in [0, 0.1) is 0 Å². The number of nitrogens with two attached hydrogens (primary N) is 1. The third kappa shape index (κ3) is 1.75. The second-order valence-corrected chi connectivity index (χ2v) is 4.02. The zero-order valence-electron chi connectivity index (χ0n) is 9.54. The van der Waals surface area contributed by atoms with Crippen molar-refractivity contribution in [2.45, 2.75) is 6.54 Å². The van der Waals surface area contributed by atoms with Crippen molar-refractivity contribution in [3.63, 3.8) is 0 Å². The fourth-order valence-corrected chi connectivity index (χ4v) is 1.97. The molecule has 1 amide bonds. The summed E-state index contributed by atoms with van der Waals surface area (Å²) >= 11 is 0. The summed E-state index contributed by atoms with van der Waals surface area (Å²) in [6.45, 7) is 0.124. The van der Waals surface area contributed by atoms with Gasteiger partial charge < -0.3 is 14.7 Å². The lowest BCUT2D eigenvalue weighted by atomic mass is 10.1. The fraction of sp³-hybridized carbons (Fsp3) is 0.0769. The smallest absolute Gasteiger partial charge is 0.237 e. The summed E-state index contributed by atoms with van der Waals surface area (Å²) in [6.07, 6.45) is 5.03. The summed E-state index contributed by atoms with van der Waals surface area (Å²) in [5, 5.41) is 1.00. The Hall–Kier alpha value is -2.56. The first-order valence-electron chi connectivity index (χ1n) is 5.51. The van der Waals surface area contributed by atoms with Crippen molar-refractivity contribution >= 4 is 16.9 Å². The number of fused-ring (bicyclic) bond motifs is 1. The van der Waals surface area contributed by atoms with E-state index in [1.807, 2.05) is 24.3 Å². The standard InChI is InChI=1S/C13H11N3O2/c14-12(17)8-16-5-4-15-13(16)10-1-2-11-9(7-10)3-6-18-11/h1-7H,8H2,(H2,14,17). The zero-order valence-corrected chi connectivity index (χ0v) is 9.54. The molecule has 3 aromatic rings. The van der Waals surface area contributed by atoms with Crippen LogP contribution in [0.1, 0.15) is 0 Å². The van der Waals surface area contributed by atoms with Gasteiger partial charge in [-0.2, -0.15) is 0 Å². The number of carbonyl (C=O) groups is 1. The van der Waals surface area contributed by atoms with Crippen LogP contribution in [-0.4, -0.2) is 15.5 Å². The molecule has 0 fully saturated rings. The van der Waals surface area contributed by atoms with Crippen LogP contribution < -0.4 is 5.73 Å². The van der Waals surface area contributed by atoms with Crippen molar-refractivity contribution in [3.05, 3.63) is 42.9 Å². The van der Waals surface area contributed by atoms with Crippen molar-refractivity contribution in [1.82, 2.24) is 9.55 Å². The molecule has 0 aliphatic rings. The number of amides is 1. The van der Waals surface area contributed by atoms with Gasteiger partial charge in [0.1, 0.15) is 18.0 Å². The molecule has 3 rings (SSSR count). The van der Waals surface area contributed by atoms with Gasteiger partial charge >= 0.3 is 0 Å². The molecule has 5 nitrogen and oxygen atoms in total. The van der Waals surface area contributed by atoms with Crippen LogP contribution in [0.25, 0.3) is 22.4 Å². The number of imidazole rings is 1. The van der Waals surface area contributed by atoms with E-state index in [1.54, 1.807) is 23.2 Å². The van der Waals surface area contributed by atoms with Gasteiger partial charge in [0.2, 0.25) is 5.91 Å². The van der Waals surface area contributed by atoms with E-state index in [4.69, 9.17) is 10.2 Å². The summed E-state index contributed by atoms with van der Waals surface area (Å²) in [6, 6.07) is 7.65. The van der Waals surface area contributed by atoms with Crippen molar-refractivity contribution in [2.75, 3.05) is 0 Å². The van der Waals surface area contributed by atoms with Crippen molar-refractivity contribution in [3.8, 4) is 11.4 Å². The topological polar surface area (TPSA) is 74.1 Å². The van der Waals surface area contributed by atoms with Gasteiger partial charge in [0.25, 0.3) is 0 Å². The van der Waals surface area contributed by atoms with Gasteiger partial charge in [-0.25, -0.2) is 4.98 Å². The number of primary amides is 1. The first-order chi connectivity index (χ1) is 8.74. The molecular formula is C13H11N3O2. The zero-order chi connectivity index (χ0) is 12.5. The monoisotopic (exact) mass is 241 g/mol. The Balaban J connectivity index is 2.08. The number of furan rings is 1. The predicted molar refractivity (Wildman–Crippen MR) is 66.6 cm³/mol. The maximum Gasteiger partial charge on any atom is 0.237 e. The number of nitrogens with zero attached hydrogens (tertiary/aromatic N) is 2. The summed E-state index contributed by atoms with van der Waals surface area (Å²) in [5.74, 6) is 0.329. The number of carbonyl (C=O) groups excluding carboxylic acids is 1. The van der Waals surface area contributed by atoms with E-state index in [1.165, 1.54) is 0 Å². The van der Waals surface area contributed by atoms with Gasteiger partial charge in [0.05, 0.1) is 6.26 Å². The first kappa shape index (κ1) is 10.6. The van der Waals surface area contributed by atoms with Crippen LogP contribution in [0.2, 0.25) is 0 Å². The normalized spacial score (nSPS) is 10.9. The molecule has 90 valence electrons. The average molecular weight is 241 g/mol. The van der Waals surface area contributed by atoms with Gasteiger partial charge in [-0.05, 0) is 24.3 Å². The van der Waals surface area contributed by atoms with E-state index in [2.05, 4.69) is 4.98 Å². The second-order valence-electron chi connectivity index (χ2n) is 4.02. The summed E-state index contributed by atoms with van der Waals surface area (Å²) in [5.41, 5.74) is 6.95. The van der Waals surface area contributed by atoms with E-state index >= 15 is 0 Å². The molecule has 0 spiro atoms. The number of hydrogen-bond donors (Lipinski definition) is 1. The Bertz CT molecular complexity index is 712. The molecule has 0 saturated heterocycles. The largest absolute Gasteiger partial charge is 0.464 e. The highest BCUT2D eigenvalue weighted by Gasteiger charge is 2.09. The molecule has 2 heterocycles. The van der Waals surface area contributed by atoms with Crippen LogP contribution in [0.3, 0.4) is 0 Å². The Morgan fingerprint density at radius 2 is 2.28 bits per heavy atom. The molecule has 2 N–H and O–H groups in total. The van der Waals surface area contributed by atoms with E-state index < -0.39 is 5.91 Å². The number of hydrogen-bond acceptors (Lipinski definition) is 3. The lowest BCUT2D eigenvalue weighted by Gasteiger charge is -2.05. The quantitative estimate of drug-likeness (QED) is 0.759. The number of benzene rings is 1. The van der Waals surface area contributed by atoms with E-state index in [0.717, 1.165) is 22.4 Å². The molecule has 2 aromatic heterocycles. The molecule has 5 heteroatoms. The highest BCUT2D eigenvalue weighted by atomic mass is 16.3. The average Bonchev–Trinajstić information content (AvgIpc) is 2.95. The van der Waals surface area contributed by atoms with Crippen LogP contribution in [0.4, 0.5) is 0 Å². The minimum absolute atomic E-state index is 0.124. The summed E-state index contributed by atoms with van der Waals surface area (Å²) in [7, 11) is 0. The number of aromatic nitrogens is 2. The molecule has 0 bridgehead atoms. The minimum Gasteiger partial charge on any atom is -0.464 e. The van der Waals surface area contributed by atoms with Crippen LogP contribution in [0.15, 0.2) is 47.3 Å². The third-order valence-electron chi connectivity index (χ3n) is 2.75. The lowest BCUT2D eigenvalue weighted by molar-refractivity contribution is -0.118. The maximum absolute atomic E-state index is 11.0. The molecule has 0 aliphatic carbocycles. The summed E-state index contributed by atoms with van der Waals surface area (Å²) in [4.78, 5) is 15.2. The fourth-order valence-electron chi connectivity index (χ4n) is 1.97. The Morgan fingerprint density at radius 1 is 1.39 bits per heavy atom. The van der Waals surface area contributed by atoms with Gasteiger partial charge in [-0.3, -0.25) is 4.79 Å². The second kappa shape index (κ2) is 4.03. The maximum atomic E-state index is 11.0. The Morgan fingerprint density at radius 3 is 3.11 bits per heavy atom. The van der Waals surface area contributed by atoms with E-state index in [-0.39, 0.29) is 6.54 Å². The van der Waals surface area contributed by atoms with Gasteiger partial charge in [0.15, 0.2) is 0 Å². The SMILES string of the molecule is NC(=O)Cn1ccnc1-c1ccc2occc2c1. The Labute approximate surface area is 103 Å². The van der Waals surface area contributed by atoms with Gasteiger partial charge in [-0.1, -0.05) is 0 Å². The highest BCUT2D eigenvalue weighted by molar-refractivity contribution is 5.82. The number of rotatable bonds is 3. The van der Waals surface area contributed by atoms with Crippen molar-refractivity contribution in [2.24, 2.45) is 5.73 Å². The van der Waals surface area contributed by atoms with Gasteiger partial charge in [0, 0.05) is 23.3 Å². The van der Waals surface area contributed by atoms with Crippen molar-refractivity contribution < 1.29 is 9.21 Å². The molecule has 0 radical (unpaired) electrons. The van der Waals surface area contributed by atoms with E-state index in [0.29, 0.717) is 0 Å². The lowest BCUT2D eigenvalue weighted by Crippen LogP contribution is -2.18. The first-order valence-corrected chi connectivity index (χ1v) is 5.51. The summed E-state index contributed by atoms with van der Waals surface area (Å²) < 4.78 is 7.01. The van der Waals surface area contributed by atoms with Crippen molar-refractivity contribution in [1.29, 1.82) is 0 Å². The van der Waals surface area contributed by atoms with Gasteiger partial charge in [-0.15, -0.1) is 0 Å². The molecule has 0 unspecified atom stereocenters. The van der Waals surface area contributed by atoms with E-state index in [9.17, 15) is 4.79 Å². The Kier molecular flexibility index (Phi) is 2.37. The highest BCUT2D eigenvalue weighted by Crippen LogP contribution is 2.23. The van der Waals surface area contributed by atoms with Crippen LogP contribution in [-0.2, 0) is 11.3 Å².